The van der Waals surface area contributed by atoms with Gasteiger partial charge in [-0.15, -0.1) is 0 Å². The molecule has 0 spiro atoms. The second kappa shape index (κ2) is 13.2. The number of hydrogen-bond donors (Lipinski definition) is 0. The normalized spacial score (nSPS) is 12.4. The van der Waals surface area contributed by atoms with Crippen LogP contribution < -0.4 is 4.74 Å². The van der Waals surface area contributed by atoms with E-state index in [-0.39, 0.29) is 34.6 Å². The van der Waals surface area contributed by atoms with Crippen molar-refractivity contribution in [2.45, 2.75) is 51.0 Å². The number of carbonyl (C=O) groups is 2. The van der Waals surface area contributed by atoms with Gasteiger partial charge < -0.3 is 9.30 Å². The largest absolute Gasteiger partial charge is 0.486 e. The molecule has 1 heterocycles. The van der Waals surface area contributed by atoms with E-state index in [1.54, 1.807) is 36.4 Å². The molecule has 0 fully saturated rings. The summed E-state index contributed by atoms with van der Waals surface area (Å²) < 4.78 is 111. The van der Waals surface area contributed by atoms with Gasteiger partial charge in [0.25, 0.3) is 0 Å². The molecule has 1 aromatic heterocycles. The first kappa shape index (κ1) is 33.6. The number of benzene rings is 4. The van der Waals surface area contributed by atoms with E-state index in [1.165, 1.54) is 48.5 Å². The van der Waals surface area contributed by atoms with Gasteiger partial charge in [-0.25, -0.2) is 26.3 Å². The predicted molar refractivity (Wildman–Crippen MR) is 161 cm³/mol. The van der Waals surface area contributed by atoms with E-state index in [1.807, 2.05) is 11.5 Å². The molecular formula is C35H27F8NO3. The fourth-order valence-corrected chi connectivity index (χ4v) is 5.31. The lowest BCUT2D eigenvalue weighted by Gasteiger charge is -2.17. The highest BCUT2D eigenvalue weighted by atomic mass is 19.3. The van der Waals surface area contributed by atoms with Crippen LogP contribution in [0.5, 0.6) is 5.75 Å². The first-order chi connectivity index (χ1) is 22.2. The molecule has 5 aromatic rings. The Hall–Kier alpha value is -4.74. The second-order valence-electron chi connectivity index (χ2n) is 11.0. The van der Waals surface area contributed by atoms with E-state index in [4.69, 9.17) is 4.74 Å². The number of halogens is 8. The lowest BCUT2D eigenvalue weighted by atomic mass is 9.97. The standard InChI is InChI=1S/C35H27F8NO3/c1-2-44-27-13-11-22(30(45)21-9-7-20(8-10-21)15-16-34(40,41)32(36)37)17-25(27)26-18-23(12-14-28(26)44)31(46)24-5-3-4-6-29(24)47-19-35(42,43)33(38)39/h3-14,17-18,32-33H,2,15-16,19H2,1H3. The molecule has 0 aliphatic rings. The monoisotopic (exact) mass is 661 g/mol. The summed E-state index contributed by atoms with van der Waals surface area (Å²) in [6.45, 7) is 0.840. The Labute approximate surface area is 263 Å². The lowest BCUT2D eigenvalue weighted by molar-refractivity contribution is -0.148. The van der Waals surface area contributed by atoms with Crippen LogP contribution in [0.2, 0.25) is 0 Å². The lowest BCUT2D eigenvalue weighted by Crippen LogP contribution is -2.34. The fourth-order valence-electron chi connectivity index (χ4n) is 5.31. The molecule has 0 radical (unpaired) electrons. The van der Waals surface area contributed by atoms with Crippen LogP contribution in [0.15, 0.2) is 84.9 Å². The van der Waals surface area contributed by atoms with Crippen molar-refractivity contribution < 1.29 is 49.4 Å². The molecule has 4 nitrogen and oxygen atoms in total. The van der Waals surface area contributed by atoms with Crippen LogP contribution in [-0.2, 0) is 13.0 Å². The molecule has 4 aromatic carbocycles. The molecule has 0 saturated carbocycles. The quantitative estimate of drug-likeness (QED) is 0.0934. The minimum Gasteiger partial charge on any atom is -0.486 e. The highest BCUT2D eigenvalue weighted by molar-refractivity contribution is 6.17. The van der Waals surface area contributed by atoms with Gasteiger partial charge in [0.05, 0.1) is 5.56 Å². The Morgan fingerprint density at radius 3 is 1.79 bits per heavy atom. The Morgan fingerprint density at radius 2 is 1.23 bits per heavy atom. The average Bonchev–Trinajstić information content (AvgIpc) is 3.38. The minimum atomic E-state index is -4.41. The van der Waals surface area contributed by atoms with Gasteiger partial charge in [-0.2, -0.15) is 8.78 Å². The van der Waals surface area contributed by atoms with Crippen molar-refractivity contribution in [3.8, 4) is 5.75 Å². The molecule has 0 amide bonds. The Bertz CT molecular complexity index is 1930. The third kappa shape index (κ3) is 6.86. The zero-order chi connectivity index (χ0) is 34.1. The van der Waals surface area contributed by atoms with Gasteiger partial charge in [0.1, 0.15) is 5.75 Å². The van der Waals surface area contributed by atoms with Crippen LogP contribution in [-0.4, -0.2) is 47.4 Å². The molecule has 5 rings (SSSR count). The summed E-state index contributed by atoms with van der Waals surface area (Å²) in [6.07, 6.45) is -9.04. The molecule has 0 atom stereocenters. The minimum absolute atomic E-state index is 0.103. The molecule has 0 saturated heterocycles. The molecule has 0 unspecified atom stereocenters. The van der Waals surface area contributed by atoms with Crippen molar-refractivity contribution >= 4 is 33.4 Å². The van der Waals surface area contributed by atoms with E-state index in [9.17, 15) is 44.7 Å². The Morgan fingerprint density at radius 1 is 0.702 bits per heavy atom. The van der Waals surface area contributed by atoms with Gasteiger partial charge in [-0.3, -0.25) is 9.59 Å². The van der Waals surface area contributed by atoms with Crippen LogP contribution in [0, 0.1) is 0 Å². The number of ketones is 2. The van der Waals surface area contributed by atoms with Crippen LogP contribution >= 0.6 is 0 Å². The zero-order valence-corrected chi connectivity index (χ0v) is 24.8. The summed E-state index contributed by atoms with van der Waals surface area (Å²) in [4.78, 5) is 26.9. The second-order valence-corrected chi connectivity index (χ2v) is 11.0. The summed E-state index contributed by atoms with van der Waals surface area (Å²) in [5, 5.41) is 1.25. The molecule has 0 aliphatic carbocycles. The Kier molecular flexibility index (Phi) is 9.42. The van der Waals surface area contributed by atoms with E-state index < -0.39 is 43.5 Å². The molecule has 0 aliphatic heterocycles. The topological polar surface area (TPSA) is 48.3 Å². The first-order valence-electron chi connectivity index (χ1n) is 14.5. The number of fused-ring (bicyclic) bond motifs is 3. The smallest absolute Gasteiger partial charge is 0.340 e. The van der Waals surface area contributed by atoms with E-state index in [0.29, 0.717) is 28.4 Å². The molecule has 0 bridgehead atoms. The van der Waals surface area contributed by atoms with Gasteiger partial charge in [-0.1, -0.05) is 36.4 Å². The number of ether oxygens (including phenoxy) is 1. The summed E-state index contributed by atoms with van der Waals surface area (Å²) in [7, 11) is 0. The van der Waals surface area contributed by atoms with Gasteiger partial charge in [0.2, 0.25) is 0 Å². The molecule has 0 N–H and O–H groups in total. The highest BCUT2D eigenvalue weighted by Crippen LogP contribution is 2.34. The van der Waals surface area contributed by atoms with E-state index in [2.05, 4.69) is 0 Å². The number of rotatable bonds is 13. The van der Waals surface area contributed by atoms with Gasteiger partial charge in [0, 0.05) is 51.5 Å². The van der Waals surface area contributed by atoms with Crippen LogP contribution in [0.25, 0.3) is 21.8 Å². The average molecular weight is 662 g/mol. The maximum absolute atomic E-state index is 13.5. The third-order valence-electron chi connectivity index (χ3n) is 7.86. The number of aromatic nitrogens is 1. The predicted octanol–water partition coefficient (Wildman–Crippen LogP) is 9.39. The molecular weight excluding hydrogens is 634 g/mol. The van der Waals surface area contributed by atoms with Crippen molar-refractivity contribution in [1.29, 1.82) is 0 Å². The zero-order valence-electron chi connectivity index (χ0n) is 24.8. The number of para-hydroxylation sites is 1. The van der Waals surface area contributed by atoms with Crippen LogP contribution in [0.3, 0.4) is 0 Å². The fraction of sp³-hybridized carbons (Fsp3) is 0.257. The summed E-state index contributed by atoms with van der Waals surface area (Å²) in [6, 6.07) is 21.1. The number of aryl methyl sites for hydroxylation is 2. The number of hydrogen-bond acceptors (Lipinski definition) is 3. The van der Waals surface area contributed by atoms with Crippen molar-refractivity contribution in [3.05, 3.63) is 113 Å². The summed E-state index contributed by atoms with van der Waals surface area (Å²) in [5.41, 5.74) is 2.47. The highest BCUT2D eigenvalue weighted by Gasteiger charge is 2.42. The number of nitrogens with zero attached hydrogens (tertiary/aromatic N) is 1. The first-order valence-corrected chi connectivity index (χ1v) is 14.5. The third-order valence-corrected chi connectivity index (χ3v) is 7.86. The molecule has 12 heteroatoms. The van der Waals surface area contributed by atoms with Crippen molar-refractivity contribution in [1.82, 2.24) is 4.57 Å². The Balaban J connectivity index is 1.46. The van der Waals surface area contributed by atoms with Crippen molar-refractivity contribution in [3.63, 3.8) is 0 Å². The summed E-state index contributed by atoms with van der Waals surface area (Å²) >= 11 is 0. The maximum Gasteiger partial charge on any atom is 0.340 e. The van der Waals surface area contributed by atoms with Crippen LogP contribution in [0.1, 0.15) is 50.8 Å². The number of alkyl halides is 8. The van der Waals surface area contributed by atoms with E-state index >= 15 is 0 Å². The van der Waals surface area contributed by atoms with Gasteiger partial charge in [0.15, 0.2) is 18.2 Å². The van der Waals surface area contributed by atoms with E-state index in [0.717, 1.165) is 11.0 Å². The van der Waals surface area contributed by atoms with Crippen molar-refractivity contribution in [2.75, 3.05) is 6.61 Å². The maximum atomic E-state index is 13.5. The van der Waals surface area contributed by atoms with Crippen molar-refractivity contribution in [2.24, 2.45) is 0 Å². The number of carbonyl (C=O) groups excluding carboxylic acids is 2. The molecule has 47 heavy (non-hydrogen) atoms. The molecule has 246 valence electrons. The van der Waals surface area contributed by atoms with Gasteiger partial charge in [-0.05, 0) is 67.4 Å². The van der Waals surface area contributed by atoms with Gasteiger partial charge >= 0.3 is 24.7 Å². The summed E-state index contributed by atoms with van der Waals surface area (Å²) in [5.74, 6) is -9.79. The van der Waals surface area contributed by atoms with Crippen LogP contribution in [0.4, 0.5) is 35.1 Å². The SMILES string of the molecule is CCn1c2ccc(C(=O)c3ccc(CCC(F)(F)C(F)F)cc3)cc2c2cc(C(=O)c3ccccc3OCC(F)(F)C(F)F)ccc21.